The lowest BCUT2D eigenvalue weighted by Crippen LogP contribution is -2.19. The van der Waals surface area contributed by atoms with Crippen molar-refractivity contribution in [2.45, 2.75) is 19.4 Å². The standard InChI is InChI=1S/C6H10O3/c1-4(2)3-5(7)6(8)9/h5,7H,1,3H2,2H3,(H,8,9). The first-order chi connectivity index (χ1) is 4.04. The molecule has 0 aromatic rings. The molecular weight excluding hydrogens is 120 g/mol. The van der Waals surface area contributed by atoms with Gasteiger partial charge in [-0.1, -0.05) is 5.57 Å². The summed E-state index contributed by atoms with van der Waals surface area (Å²) in [4.78, 5) is 9.94. The molecular formula is C6H10O3. The van der Waals surface area contributed by atoms with E-state index in [1.165, 1.54) is 0 Å². The summed E-state index contributed by atoms with van der Waals surface area (Å²) in [6.07, 6.45) is -1.16. The van der Waals surface area contributed by atoms with E-state index in [1.807, 2.05) is 0 Å². The van der Waals surface area contributed by atoms with E-state index in [1.54, 1.807) is 6.92 Å². The van der Waals surface area contributed by atoms with Gasteiger partial charge in [0.05, 0.1) is 0 Å². The van der Waals surface area contributed by atoms with Gasteiger partial charge in [-0.05, 0) is 6.92 Å². The quantitative estimate of drug-likeness (QED) is 0.543. The number of carboxylic acid groups (broad SMARTS) is 1. The molecule has 2 N–H and O–H groups in total. The zero-order valence-corrected chi connectivity index (χ0v) is 5.29. The molecule has 3 heteroatoms. The molecule has 0 bridgehead atoms. The smallest absolute Gasteiger partial charge is 0.332 e. The van der Waals surface area contributed by atoms with Gasteiger partial charge in [-0.15, -0.1) is 6.58 Å². The first-order valence-corrected chi connectivity index (χ1v) is 2.59. The Kier molecular flexibility index (Phi) is 2.95. The molecule has 0 saturated carbocycles. The second-order valence-electron chi connectivity index (χ2n) is 2.02. The van der Waals surface area contributed by atoms with Gasteiger partial charge in [-0.2, -0.15) is 0 Å². The summed E-state index contributed by atoms with van der Waals surface area (Å²) < 4.78 is 0. The van der Waals surface area contributed by atoms with Crippen LogP contribution < -0.4 is 0 Å². The summed E-state index contributed by atoms with van der Waals surface area (Å²) in [6, 6.07) is 0. The number of carboxylic acids is 1. The molecule has 0 heterocycles. The van der Waals surface area contributed by atoms with Crippen molar-refractivity contribution < 1.29 is 15.0 Å². The minimum absolute atomic E-state index is 0.134. The van der Waals surface area contributed by atoms with Gasteiger partial charge >= 0.3 is 5.97 Å². The average molecular weight is 130 g/mol. The van der Waals surface area contributed by atoms with E-state index in [2.05, 4.69) is 6.58 Å². The minimum atomic E-state index is -1.29. The number of rotatable bonds is 3. The van der Waals surface area contributed by atoms with Crippen molar-refractivity contribution in [2.24, 2.45) is 0 Å². The maximum absolute atomic E-state index is 9.94. The zero-order valence-electron chi connectivity index (χ0n) is 5.29. The fourth-order valence-corrected chi connectivity index (χ4v) is 0.417. The molecule has 0 aliphatic heterocycles. The molecule has 52 valence electrons. The second-order valence-corrected chi connectivity index (χ2v) is 2.02. The van der Waals surface area contributed by atoms with Crippen molar-refractivity contribution in [1.82, 2.24) is 0 Å². The number of aliphatic carboxylic acids is 1. The molecule has 3 nitrogen and oxygen atoms in total. The highest BCUT2D eigenvalue weighted by molar-refractivity contribution is 5.72. The van der Waals surface area contributed by atoms with Crippen molar-refractivity contribution in [1.29, 1.82) is 0 Å². The van der Waals surface area contributed by atoms with Crippen LogP contribution in [0.25, 0.3) is 0 Å². The molecule has 0 aliphatic rings. The topological polar surface area (TPSA) is 57.5 Å². The highest BCUT2D eigenvalue weighted by atomic mass is 16.4. The summed E-state index contributed by atoms with van der Waals surface area (Å²) in [5.41, 5.74) is 0.671. The van der Waals surface area contributed by atoms with Gasteiger partial charge < -0.3 is 10.2 Å². The highest BCUT2D eigenvalue weighted by Gasteiger charge is 2.11. The first kappa shape index (κ1) is 8.17. The van der Waals surface area contributed by atoms with Crippen LogP contribution in [0.5, 0.6) is 0 Å². The van der Waals surface area contributed by atoms with E-state index in [0.29, 0.717) is 5.57 Å². The van der Waals surface area contributed by atoms with Crippen LogP contribution in [-0.2, 0) is 4.79 Å². The van der Waals surface area contributed by atoms with E-state index in [0.717, 1.165) is 0 Å². The first-order valence-electron chi connectivity index (χ1n) is 2.59. The van der Waals surface area contributed by atoms with Gasteiger partial charge in [-0.25, -0.2) is 4.79 Å². The Balaban J connectivity index is 3.63. The molecule has 0 aromatic carbocycles. The molecule has 0 rings (SSSR count). The minimum Gasteiger partial charge on any atom is -0.479 e. The molecule has 9 heavy (non-hydrogen) atoms. The van der Waals surface area contributed by atoms with Crippen molar-refractivity contribution in [3.8, 4) is 0 Å². The molecule has 0 amide bonds. The molecule has 0 spiro atoms. The summed E-state index contributed by atoms with van der Waals surface area (Å²) in [6.45, 7) is 5.13. The number of carbonyl (C=O) groups is 1. The third-order valence-electron chi connectivity index (χ3n) is 0.827. The fraction of sp³-hybridized carbons (Fsp3) is 0.500. The normalized spacial score (nSPS) is 12.7. The number of aliphatic hydroxyl groups is 1. The number of aliphatic hydroxyl groups excluding tert-OH is 1. The number of hydrogen-bond donors (Lipinski definition) is 2. The Bertz CT molecular complexity index is 128. The molecule has 0 radical (unpaired) electrons. The van der Waals surface area contributed by atoms with Crippen LogP contribution in [0.1, 0.15) is 13.3 Å². The van der Waals surface area contributed by atoms with E-state index < -0.39 is 12.1 Å². The van der Waals surface area contributed by atoms with Crippen LogP contribution in [0.15, 0.2) is 12.2 Å². The van der Waals surface area contributed by atoms with Gasteiger partial charge in [0.2, 0.25) is 0 Å². The van der Waals surface area contributed by atoms with Crippen LogP contribution in [0.2, 0.25) is 0 Å². The van der Waals surface area contributed by atoms with Gasteiger partial charge in [0.25, 0.3) is 0 Å². The third kappa shape index (κ3) is 3.73. The van der Waals surface area contributed by atoms with Gasteiger partial charge in [0.1, 0.15) is 0 Å². The van der Waals surface area contributed by atoms with Crippen molar-refractivity contribution >= 4 is 5.97 Å². The lowest BCUT2D eigenvalue weighted by Gasteiger charge is -2.02. The van der Waals surface area contributed by atoms with E-state index in [4.69, 9.17) is 10.2 Å². The average Bonchev–Trinajstić information content (AvgIpc) is 1.63. The summed E-state index contributed by atoms with van der Waals surface area (Å²) >= 11 is 0. The number of hydrogen-bond acceptors (Lipinski definition) is 2. The predicted octanol–water partition coefficient (Wildman–Crippen LogP) is 0.398. The van der Waals surface area contributed by atoms with Crippen LogP contribution >= 0.6 is 0 Å². The van der Waals surface area contributed by atoms with Crippen LogP contribution in [-0.4, -0.2) is 22.3 Å². The Labute approximate surface area is 53.6 Å². The van der Waals surface area contributed by atoms with Crippen molar-refractivity contribution in [2.75, 3.05) is 0 Å². The Morgan fingerprint density at radius 1 is 1.78 bits per heavy atom. The molecule has 0 aliphatic carbocycles. The molecule has 0 aromatic heterocycles. The van der Waals surface area contributed by atoms with Crippen LogP contribution in [0, 0.1) is 0 Å². The molecule has 0 saturated heterocycles. The molecule has 0 fully saturated rings. The maximum Gasteiger partial charge on any atom is 0.332 e. The zero-order chi connectivity index (χ0) is 7.44. The summed E-state index contributed by atoms with van der Waals surface area (Å²) in [5.74, 6) is -1.20. The third-order valence-corrected chi connectivity index (χ3v) is 0.827. The largest absolute Gasteiger partial charge is 0.479 e. The highest BCUT2D eigenvalue weighted by Crippen LogP contribution is 2.00. The van der Waals surface area contributed by atoms with Gasteiger partial charge in [0.15, 0.2) is 6.10 Å². The van der Waals surface area contributed by atoms with E-state index >= 15 is 0 Å². The van der Waals surface area contributed by atoms with Gasteiger partial charge in [-0.3, -0.25) is 0 Å². The van der Waals surface area contributed by atoms with Crippen LogP contribution in [0.4, 0.5) is 0 Å². The van der Waals surface area contributed by atoms with Gasteiger partial charge in [0, 0.05) is 6.42 Å². The SMILES string of the molecule is C=C(C)CC(O)C(=O)O. The molecule has 1 unspecified atom stereocenters. The lowest BCUT2D eigenvalue weighted by atomic mass is 10.1. The predicted molar refractivity (Wildman–Crippen MR) is 33.1 cm³/mol. The van der Waals surface area contributed by atoms with Crippen LogP contribution in [0.3, 0.4) is 0 Å². The summed E-state index contributed by atoms with van der Waals surface area (Å²) in [7, 11) is 0. The Morgan fingerprint density at radius 3 is 2.33 bits per heavy atom. The second kappa shape index (κ2) is 3.25. The van der Waals surface area contributed by atoms with Crippen molar-refractivity contribution in [3.63, 3.8) is 0 Å². The summed E-state index contributed by atoms with van der Waals surface area (Å²) in [5, 5.41) is 16.8. The Morgan fingerprint density at radius 2 is 2.22 bits per heavy atom. The van der Waals surface area contributed by atoms with E-state index in [-0.39, 0.29) is 6.42 Å². The van der Waals surface area contributed by atoms with E-state index in [9.17, 15) is 4.79 Å². The molecule has 1 atom stereocenters. The monoisotopic (exact) mass is 130 g/mol. The fourth-order valence-electron chi connectivity index (χ4n) is 0.417. The Hall–Kier alpha value is -0.830. The van der Waals surface area contributed by atoms with Crippen molar-refractivity contribution in [3.05, 3.63) is 12.2 Å². The maximum atomic E-state index is 9.94. The lowest BCUT2D eigenvalue weighted by molar-refractivity contribution is -0.146.